The predicted octanol–water partition coefficient (Wildman–Crippen LogP) is 2.25. The lowest BCUT2D eigenvalue weighted by Crippen LogP contribution is -2.54. The summed E-state index contributed by atoms with van der Waals surface area (Å²) in [5, 5.41) is 3.10. The van der Waals surface area contributed by atoms with Crippen molar-refractivity contribution >= 4 is 21.9 Å². The van der Waals surface area contributed by atoms with Crippen LogP contribution < -0.4 is 5.32 Å². The maximum atomic E-state index is 13.1. The Morgan fingerprint density at radius 2 is 1.69 bits per heavy atom. The van der Waals surface area contributed by atoms with Gasteiger partial charge in [0.2, 0.25) is 15.9 Å². The molecule has 0 atom stereocenters. The fourth-order valence-electron chi connectivity index (χ4n) is 4.53. The third-order valence-corrected chi connectivity index (χ3v) is 8.60. The molecule has 8 nitrogen and oxygen atoms in total. The van der Waals surface area contributed by atoms with Gasteiger partial charge in [0.25, 0.3) is 0 Å². The predicted molar refractivity (Wildman–Crippen MR) is 122 cm³/mol. The highest BCUT2D eigenvalue weighted by molar-refractivity contribution is 7.89. The Bertz CT molecular complexity index is 917. The van der Waals surface area contributed by atoms with Crippen LogP contribution in [0.15, 0.2) is 29.2 Å². The van der Waals surface area contributed by atoms with Crippen LogP contribution in [0, 0.1) is 5.92 Å². The molecule has 32 heavy (non-hydrogen) atoms. The van der Waals surface area contributed by atoms with Crippen molar-refractivity contribution in [3.05, 3.63) is 29.8 Å². The molecule has 0 unspecified atom stereocenters. The van der Waals surface area contributed by atoms with E-state index in [0.29, 0.717) is 19.4 Å². The molecule has 9 heteroatoms. The van der Waals surface area contributed by atoms with Gasteiger partial charge in [0, 0.05) is 31.1 Å². The van der Waals surface area contributed by atoms with E-state index in [0.717, 1.165) is 13.1 Å². The van der Waals surface area contributed by atoms with E-state index >= 15 is 0 Å². The molecular formula is C23H35N3O5S. The highest BCUT2D eigenvalue weighted by atomic mass is 32.2. The first-order chi connectivity index (χ1) is 15.2. The summed E-state index contributed by atoms with van der Waals surface area (Å²) < 4.78 is 32.4. The van der Waals surface area contributed by atoms with Gasteiger partial charge in [0.05, 0.1) is 17.6 Å². The Morgan fingerprint density at radius 3 is 2.31 bits per heavy atom. The lowest BCUT2D eigenvalue weighted by atomic mass is 9.95. The zero-order valence-corrected chi connectivity index (χ0v) is 20.1. The van der Waals surface area contributed by atoms with Gasteiger partial charge in [-0.15, -0.1) is 0 Å². The number of nitrogens with one attached hydrogen (secondary N) is 1. The Balaban J connectivity index is 1.58. The fourth-order valence-corrected chi connectivity index (χ4v) is 6.18. The molecule has 1 aromatic rings. The molecule has 2 heterocycles. The standard InChI is InChI=1S/C23H35N3O5S/c1-23(2,25-13-7-4-8-14-25)17-24-21(27)18-11-15-26(16-12-18)32(29,30)20-10-6-5-9-19(20)22(28)31-3/h5-6,9-10,18H,4,7-8,11-17H2,1-3H3,(H,24,27). The monoisotopic (exact) mass is 465 g/mol. The van der Waals surface area contributed by atoms with Crippen molar-refractivity contribution in [1.29, 1.82) is 0 Å². The quantitative estimate of drug-likeness (QED) is 0.621. The van der Waals surface area contributed by atoms with Crippen molar-refractivity contribution in [3.8, 4) is 0 Å². The van der Waals surface area contributed by atoms with Crippen LogP contribution in [0.25, 0.3) is 0 Å². The Labute approximate surface area is 191 Å². The zero-order valence-electron chi connectivity index (χ0n) is 19.3. The third kappa shape index (κ3) is 5.50. The van der Waals surface area contributed by atoms with Gasteiger partial charge in [0.1, 0.15) is 0 Å². The van der Waals surface area contributed by atoms with Crippen molar-refractivity contribution in [2.24, 2.45) is 5.92 Å². The molecule has 2 saturated heterocycles. The number of hydrogen-bond donors (Lipinski definition) is 1. The van der Waals surface area contributed by atoms with E-state index in [1.165, 1.54) is 42.8 Å². The summed E-state index contributed by atoms with van der Waals surface area (Å²) in [6.45, 7) is 7.51. The minimum Gasteiger partial charge on any atom is -0.465 e. The molecule has 2 fully saturated rings. The van der Waals surface area contributed by atoms with E-state index in [4.69, 9.17) is 4.74 Å². The van der Waals surface area contributed by atoms with Gasteiger partial charge in [0.15, 0.2) is 0 Å². The smallest absolute Gasteiger partial charge is 0.339 e. The van der Waals surface area contributed by atoms with Gasteiger partial charge in [-0.3, -0.25) is 9.69 Å². The van der Waals surface area contributed by atoms with Crippen LogP contribution in [-0.2, 0) is 19.6 Å². The number of benzene rings is 1. The number of piperidine rings is 2. The first-order valence-electron chi connectivity index (χ1n) is 11.4. The number of amides is 1. The second kappa shape index (κ2) is 10.3. The third-order valence-electron chi connectivity index (χ3n) is 6.64. The number of carbonyl (C=O) groups is 2. The summed E-state index contributed by atoms with van der Waals surface area (Å²) in [5.74, 6) is -0.911. The molecular weight excluding hydrogens is 430 g/mol. The maximum Gasteiger partial charge on any atom is 0.339 e. The number of likely N-dealkylation sites (tertiary alicyclic amines) is 1. The molecule has 1 amide bonds. The number of esters is 1. The largest absolute Gasteiger partial charge is 0.465 e. The Kier molecular flexibility index (Phi) is 7.95. The number of rotatable bonds is 7. The lowest BCUT2D eigenvalue weighted by molar-refractivity contribution is -0.126. The lowest BCUT2D eigenvalue weighted by Gasteiger charge is -2.41. The topological polar surface area (TPSA) is 96.0 Å². The normalized spacial score (nSPS) is 19.5. The van der Waals surface area contributed by atoms with Crippen molar-refractivity contribution in [1.82, 2.24) is 14.5 Å². The van der Waals surface area contributed by atoms with E-state index in [1.54, 1.807) is 12.1 Å². The molecule has 178 valence electrons. The van der Waals surface area contributed by atoms with Crippen LogP contribution in [0.4, 0.5) is 0 Å². The van der Waals surface area contributed by atoms with Crippen molar-refractivity contribution in [2.75, 3.05) is 39.8 Å². The molecule has 0 aliphatic carbocycles. The van der Waals surface area contributed by atoms with E-state index in [2.05, 4.69) is 24.1 Å². The molecule has 0 saturated carbocycles. The van der Waals surface area contributed by atoms with Gasteiger partial charge in [-0.1, -0.05) is 18.6 Å². The van der Waals surface area contributed by atoms with Crippen LogP contribution in [-0.4, -0.2) is 74.9 Å². The SMILES string of the molecule is COC(=O)c1ccccc1S(=O)(=O)N1CCC(C(=O)NCC(C)(C)N2CCCCC2)CC1. The number of sulfonamides is 1. The highest BCUT2D eigenvalue weighted by Gasteiger charge is 2.35. The molecule has 0 bridgehead atoms. The van der Waals surface area contributed by atoms with E-state index < -0.39 is 16.0 Å². The first-order valence-corrected chi connectivity index (χ1v) is 12.8. The molecule has 0 aromatic heterocycles. The van der Waals surface area contributed by atoms with Crippen molar-refractivity contribution in [2.45, 2.75) is 56.4 Å². The van der Waals surface area contributed by atoms with Crippen molar-refractivity contribution in [3.63, 3.8) is 0 Å². The minimum absolute atomic E-state index is 0.0120. The van der Waals surface area contributed by atoms with Crippen LogP contribution in [0.3, 0.4) is 0 Å². The summed E-state index contributed by atoms with van der Waals surface area (Å²) in [6.07, 6.45) is 4.57. The van der Waals surface area contributed by atoms with E-state index in [-0.39, 0.29) is 40.9 Å². The van der Waals surface area contributed by atoms with Crippen LogP contribution in [0.2, 0.25) is 0 Å². The Hall–Kier alpha value is -1.97. The summed E-state index contributed by atoms with van der Waals surface area (Å²) in [6, 6.07) is 6.06. The number of ether oxygens (including phenoxy) is 1. The molecule has 2 aliphatic rings. The Morgan fingerprint density at radius 1 is 1.06 bits per heavy atom. The number of hydrogen-bond acceptors (Lipinski definition) is 6. The molecule has 0 spiro atoms. The summed E-state index contributed by atoms with van der Waals surface area (Å²) >= 11 is 0. The van der Waals surface area contributed by atoms with Gasteiger partial charge < -0.3 is 10.1 Å². The van der Waals surface area contributed by atoms with Gasteiger partial charge in [-0.2, -0.15) is 4.31 Å². The average molecular weight is 466 g/mol. The number of nitrogens with zero attached hydrogens (tertiary/aromatic N) is 2. The van der Waals surface area contributed by atoms with Gasteiger partial charge in [-0.05, 0) is 64.8 Å². The highest BCUT2D eigenvalue weighted by Crippen LogP contribution is 2.27. The molecule has 3 rings (SSSR count). The molecule has 0 radical (unpaired) electrons. The van der Waals surface area contributed by atoms with E-state index in [9.17, 15) is 18.0 Å². The maximum absolute atomic E-state index is 13.1. The molecule has 2 aliphatic heterocycles. The second-order valence-corrected chi connectivity index (χ2v) is 11.2. The average Bonchev–Trinajstić information content (AvgIpc) is 2.82. The second-order valence-electron chi connectivity index (χ2n) is 9.24. The molecule has 1 aromatic carbocycles. The number of methoxy groups -OCH3 is 1. The summed E-state index contributed by atoms with van der Waals surface area (Å²) in [7, 11) is -2.63. The van der Waals surface area contributed by atoms with Gasteiger partial charge in [-0.25, -0.2) is 13.2 Å². The summed E-state index contributed by atoms with van der Waals surface area (Å²) in [4.78, 5) is 27.2. The zero-order chi connectivity index (χ0) is 23.4. The first kappa shape index (κ1) is 24.7. The van der Waals surface area contributed by atoms with E-state index in [1.807, 2.05) is 0 Å². The molecule has 1 N–H and O–H groups in total. The fraction of sp³-hybridized carbons (Fsp3) is 0.652. The summed E-state index contributed by atoms with van der Waals surface area (Å²) in [5.41, 5.74) is -0.0765. The van der Waals surface area contributed by atoms with Crippen LogP contribution >= 0.6 is 0 Å². The van der Waals surface area contributed by atoms with Crippen LogP contribution in [0.1, 0.15) is 56.3 Å². The minimum atomic E-state index is -3.85. The van der Waals surface area contributed by atoms with Crippen molar-refractivity contribution < 1.29 is 22.7 Å². The number of carbonyl (C=O) groups excluding carboxylic acids is 2. The van der Waals surface area contributed by atoms with Gasteiger partial charge >= 0.3 is 5.97 Å². The van der Waals surface area contributed by atoms with Crippen LogP contribution in [0.5, 0.6) is 0 Å².